The van der Waals surface area contributed by atoms with Crippen molar-refractivity contribution >= 4 is 35.2 Å². The number of hydrogen-bond donors (Lipinski definition) is 0. The number of ether oxygens (including phenoxy) is 1. The van der Waals surface area contributed by atoms with E-state index in [1.165, 1.54) is 6.08 Å². The minimum Gasteiger partial charge on any atom is -0.459 e. The van der Waals surface area contributed by atoms with E-state index < -0.39 is 5.97 Å². The molecule has 6 heteroatoms. The molecule has 0 bridgehead atoms. The summed E-state index contributed by atoms with van der Waals surface area (Å²) in [6.45, 7) is 3.41. The van der Waals surface area contributed by atoms with Gasteiger partial charge in [0.1, 0.15) is 23.2 Å². The minimum atomic E-state index is -0.693. The van der Waals surface area contributed by atoms with Crippen LogP contribution in [0.25, 0.3) is 17.4 Å². The third-order valence-electron chi connectivity index (χ3n) is 2.79. The van der Waals surface area contributed by atoms with Crippen molar-refractivity contribution in [1.29, 1.82) is 5.26 Å². The second-order valence-corrected chi connectivity index (χ2v) is 5.79. The highest BCUT2D eigenvalue weighted by atomic mass is 35.5. The van der Waals surface area contributed by atoms with E-state index >= 15 is 0 Å². The Labute approximate surface area is 143 Å². The number of carbonyl (C=O) groups excluding carboxylic acids is 1. The van der Waals surface area contributed by atoms with Gasteiger partial charge in [0, 0.05) is 16.7 Å². The predicted octanol–water partition coefficient (Wildman–Crippen LogP) is 5.11. The Morgan fingerprint density at radius 3 is 2.70 bits per heavy atom. The molecule has 4 nitrogen and oxygen atoms in total. The van der Waals surface area contributed by atoms with Gasteiger partial charge in [-0.2, -0.15) is 5.26 Å². The number of benzene rings is 1. The van der Waals surface area contributed by atoms with Gasteiger partial charge in [0.2, 0.25) is 0 Å². The van der Waals surface area contributed by atoms with Crippen LogP contribution in [0.15, 0.2) is 40.3 Å². The van der Waals surface area contributed by atoms with Gasteiger partial charge in [-0.15, -0.1) is 0 Å². The molecule has 1 aromatic carbocycles. The highest BCUT2D eigenvalue weighted by molar-refractivity contribution is 6.35. The number of nitriles is 1. The number of nitrogens with zero attached hydrogens (tertiary/aromatic N) is 1. The van der Waals surface area contributed by atoms with Crippen LogP contribution in [0, 0.1) is 11.3 Å². The van der Waals surface area contributed by atoms with Gasteiger partial charge < -0.3 is 9.15 Å². The Kier molecular flexibility index (Phi) is 5.49. The summed E-state index contributed by atoms with van der Waals surface area (Å²) in [6, 6.07) is 10.1. The fraction of sp³-hybridized carbons (Fsp3) is 0.176. The summed E-state index contributed by atoms with van der Waals surface area (Å²) < 4.78 is 10.6. The van der Waals surface area contributed by atoms with Crippen LogP contribution in [-0.2, 0) is 9.53 Å². The van der Waals surface area contributed by atoms with Crippen molar-refractivity contribution in [3.05, 3.63) is 51.7 Å². The average molecular weight is 350 g/mol. The molecular weight excluding hydrogens is 337 g/mol. The molecule has 0 radical (unpaired) electrons. The molecule has 2 rings (SSSR count). The normalized spacial score (nSPS) is 11.4. The third-order valence-corrected chi connectivity index (χ3v) is 3.36. The van der Waals surface area contributed by atoms with Crippen LogP contribution < -0.4 is 0 Å². The molecule has 1 aromatic heterocycles. The van der Waals surface area contributed by atoms with Gasteiger partial charge in [-0.05, 0) is 44.2 Å². The van der Waals surface area contributed by atoms with Gasteiger partial charge in [0.05, 0.1) is 11.1 Å². The number of furan rings is 1. The largest absolute Gasteiger partial charge is 0.459 e. The molecule has 0 unspecified atom stereocenters. The molecule has 23 heavy (non-hydrogen) atoms. The molecule has 0 aliphatic heterocycles. The lowest BCUT2D eigenvalue weighted by Gasteiger charge is -2.06. The van der Waals surface area contributed by atoms with Crippen LogP contribution in [0.3, 0.4) is 0 Å². The van der Waals surface area contributed by atoms with Crippen molar-refractivity contribution in [1.82, 2.24) is 0 Å². The highest BCUT2D eigenvalue weighted by Gasteiger charge is 2.14. The molecule has 0 amide bonds. The lowest BCUT2D eigenvalue weighted by Crippen LogP contribution is -2.12. The third kappa shape index (κ3) is 4.38. The highest BCUT2D eigenvalue weighted by Crippen LogP contribution is 2.32. The summed E-state index contributed by atoms with van der Waals surface area (Å²) in [5.74, 6) is 0.132. The van der Waals surface area contributed by atoms with Gasteiger partial charge in [-0.3, -0.25) is 0 Å². The quantitative estimate of drug-likeness (QED) is 0.437. The zero-order chi connectivity index (χ0) is 17.0. The molecular formula is C17H13Cl2NO3. The molecule has 0 N–H and O–H groups in total. The Hall–Kier alpha value is -2.22. The van der Waals surface area contributed by atoms with Crippen LogP contribution in [0.4, 0.5) is 0 Å². The van der Waals surface area contributed by atoms with Gasteiger partial charge in [-0.25, -0.2) is 4.79 Å². The molecule has 1 heterocycles. The first-order valence-electron chi connectivity index (χ1n) is 6.78. The number of rotatable bonds is 4. The Balaban J connectivity index is 2.31. The first-order chi connectivity index (χ1) is 10.9. The maximum absolute atomic E-state index is 11.8. The molecule has 0 aliphatic rings. The predicted molar refractivity (Wildman–Crippen MR) is 89.0 cm³/mol. The number of halogens is 2. The van der Waals surface area contributed by atoms with Crippen LogP contribution in [-0.4, -0.2) is 12.1 Å². The second-order valence-electron chi connectivity index (χ2n) is 4.95. The van der Waals surface area contributed by atoms with E-state index in [1.54, 1.807) is 50.2 Å². The van der Waals surface area contributed by atoms with E-state index in [0.717, 1.165) is 0 Å². The Bertz CT molecular complexity index is 800. The molecule has 0 saturated heterocycles. The molecule has 0 spiro atoms. The zero-order valence-electron chi connectivity index (χ0n) is 12.5. The summed E-state index contributed by atoms with van der Waals surface area (Å²) in [6.07, 6.45) is 1.02. The zero-order valence-corrected chi connectivity index (χ0v) is 14.0. The SMILES string of the molecule is CC(C)OC(=O)/C(C#N)=C/c1ccc(-c2cc(Cl)ccc2Cl)o1. The van der Waals surface area contributed by atoms with Crippen molar-refractivity contribution in [2.45, 2.75) is 20.0 Å². The van der Waals surface area contributed by atoms with E-state index in [0.29, 0.717) is 27.1 Å². The summed E-state index contributed by atoms with van der Waals surface area (Å²) in [7, 11) is 0. The summed E-state index contributed by atoms with van der Waals surface area (Å²) in [5.41, 5.74) is 0.485. The topological polar surface area (TPSA) is 63.2 Å². The number of carbonyl (C=O) groups is 1. The minimum absolute atomic E-state index is 0.142. The van der Waals surface area contributed by atoms with Crippen molar-refractivity contribution in [2.75, 3.05) is 0 Å². The van der Waals surface area contributed by atoms with Crippen LogP contribution in [0.2, 0.25) is 10.0 Å². The van der Waals surface area contributed by atoms with Gasteiger partial charge in [-0.1, -0.05) is 23.2 Å². The molecule has 118 valence electrons. The maximum atomic E-state index is 11.8. The second kappa shape index (κ2) is 7.36. The fourth-order valence-electron chi connectivity index (χ4n) is 1.82. The Morgan fingerprint density at radius 1 is 1.30 bits per heavy atom. The molecule has 0 saturated carbocycles. The smallest absolute Gasteiger partial charge is 0.349 e. The molecule has 0 atom stereocenters. The van der Waals surface area contributed by atoms with Crippen LogP contribution in [0.5, 0.6) is 0 Å². The standard InChI is InChI=1S/C17H13Cl2NO3/c1-10(2)22-17(21)11(9-20)7-13-4-6-16(23-13)14-8-12(18)3-5-15(14)19/h3-8,10H,1-2H3/b11-7+. The summed E-state index contributed by atoms with van der Waals surface area (Å²) >= 11 is 12.1. The summed E-state index contributed by atoms with van der Waals surface area (Å²) in [4.78, 5) is 11.8. The number of esters is 1. The molecule has 0 fully saturated rings. The first kappa shape index (κ1) is 17.1. The summed E-state index contributed by atoms with van der Waals surface area (Å²) in [5, 5.41) is 10.1. The van der Waals surface area contributed by atoms with Crippen LogP contribution in [0.1, 0.15) is 19.6 Å². The van der Waals surface area contributed by atoms with E-state index in [4.69, 9.17) is 37.6 Å². The van der Waals surface area contributed by atoms with Crippen molar-refractivity contribution in [2.24, 2.45) is 0 Å². The van der Waals surface area contributed by atoms with E-state index in [-0.39, 0.29) is 11.7 Å². The lowest BCUT2D eigenvalue weighted by molar-refractivity contribution is -0.142. The number of hydrogen-bond acceptors (Lipinski definition) is 4. The monoisotopic (exact) mass is 349 g/mol. The van der Waals surface area contributed by atoms with Crippen molar-refractivity contribution in [3.8, 4) is 17.4 Å². The lowest BCUT2D eigenvalue weighted by atomic mass is 10.2. The molecule has 2 aromatic rings. The van der Waals surface area contributed by atoms with Gasteiger partial charge >= 0.3 is 5.97 Å². The Morgan fingerprint density at radius 2 is 2.04 bits per heavy atom. The van der Waals surface area contributed by atoms with Gasteiger partial charge in [0.25, 0.3) is 0 Å². The van der Waals surface area contributed by atoms with E-state index in [2.05, 4.69) is 0 Å². The van der Waals surface area contributed by atoms with Crippen LogP contribution >= 0.6 is 23.2 Å². The van der Waals surface area contributed by atoms with E-state index in [9.17, 15) is 4.79 Å². The van der Waals surface area contributed by atoms with Crippen molar-refractivity contribution < 1.29 is 13.9 Å². The van der Waals surface area contributed by atoms with E-state index in [1.807, 2.05) is 0 Å². The van der Waals surface area contributed by atoms with Crippen molar-refractivity contribution in [3.63, 3.8) is 0 Å². The molecule has 0 aliphatic carbocycles. The average Bonchev–Trinajstić information content (AvgIpc) is 2.94. The fourth-order valence-corrected chi connectivity index (χ4v) is 2.20. The maximum Gasteiger partial charge on any atom is 0.349 e. The first-order valence-corrected chi connectivity index (χ1v) is 7.54. The van der Waals surface area contributed by atoms with Gasteiger partial charge in [0.15, 0.2) is 0 Å².